The van der Waals surface area contributed by atoms with E-state index in [9.17, 15) is 14.4 Å². The topological polar surface area (TPSA) is 84.5 Å². The van der Waals surface area contributed by atoms with Crippen LogP contribution in [0.1, 0.15) is 22.3 Å². The number of esters is 1. The number of aryl methyl sites for hydroxylation is 1. The predicted molar refractivity (Wildman–Crippen MR) is 97.8 cm³/mol. The number of ether oxygens (including phenoxy) is 1. The molecule has 1 aliphatic rings. The first-order valence-corrected chi connectivity index (χ1v) is 8.34. The van der Waals surface area contributed by atoms with Gasteiger partial charge in [0.2, 0.25) is 11.8 Å². The lowest BCUT2D eigenvalue weighted by Crippen LogP contribution is -2.20. The van der Waals surface area contributed by atoms with Gasteiger partial charge in [-0.15, -0.1) is 0 Å². The lowest BCUT2D eigenvalue weighted by molar-refractivity contribution is -0.122. The molecule has 1 saturated carbocycles. The highest BCUT2D eigenvalue weighted by Crippen LogP contribution is 2.40. The van der Waals surface area contributed by atoms with E-state index >= 15 is 0 Å². The maximum absolute atomic E-state index is 12.3. The Labute approximate surface area is 151 Å². The van der Waals surface area contributed by atoms with Crippen molar-refractivity contribution in [3.8, 4) is 0 Å². The second-order valence-electron chi connectivity index (χ2n) is 6.36. The summed E-state index contributed by atoms with van der Waals surface area (Å²) < 4.78 is 4.63. The number of rotatable bonds is 5. The van der Waals surface area contributed by atoms with E-state index in [-0.39, 0.29) is 23.7 Å². The van der Waals surface area contributed by atoms with E-state index in [1.165, 1.54) is 7.11 Å². The number of benzene rings is 2. The third-order valence-corrected chi connectivity index (χ3v) is 4.36. The zero-order valence-electron chi connectivity index (χ0n) is 14.6. The minimum absolute atomic E-state index is 0.143. The molecule has 0 saturated heterocycles. The molecule has 6 heteroatoms. The maximum atomic E-state index is 12.3. The molecular weight excluding hydrogens is 332 g/mol. The van der Waals surface area contributed by atoms with Gasteiger partial charge in [-0.2, -0.15) is 0 Å². The first kappa shape index (κ1) is 17.7. The lowest BCUT2D eigenvalue weighted by atomic mass is 10.2. The van der Waals surface area contributed by atoms with Crippen LogP contribution in [-0.4, -0.2) is 24.9 Å². The summed E-state index contributed by atoms with van der Waals surface area (Å²) in [6.45, 7) is 1.98. The molecule has 2 aromatic carbocycles. The van der Waals surface area contributed by atoms with Gasteiger partial charge in [0.15, 0.2) is 0 Å². The van der Waals surface area contributed by atoms with E-state index in [0.29, 0.717) is 17.7 Å². The molecule has 0 radical (unpaired) electrons. The van der Waals surface area contributed by atoms with Crippen LogP contribution in [0.4, 0.5) is 11.4 Å². The summed E-state index contributed by atoms with van der Waals surface area (Å²) in [5.41, 5.74) is 2.83. The van der Waals surface area contributed by atoms with Crippen molar-refractivity contribution in [1.82, 2.24) is 0 Å². The molecule has 6 nitrogen and oxygen atoms in total. The molecule has 26 heavy (non-hydrogen) atoms. The van der Waals surface area contributed by atoms with Crippen molar-refractivity contribution in [1.29, 1.82) is 0 Å². The number of hydrogen-bond acceptors (Lipinski definition) is 4. The SMILES string of the molecule is COC(=O)c1ccc(NC(=O)C2CC2C(=O)Nc2ccc(C)cc2)cc1. The predicted octanol–water partition coefficient (Wildman–Crippen LogP) is 2.99. The Balaban J connectivity index is 1.53. The Morgan fingerprint density at radius 3 is 1.77 bits per heavy atom. The monoisotopic (exact) mass is 352 g/mol. The van der Waals surface area contributed by atoms with Crippen molar-refractivity contribution in [2.24, 2.45) is 11.8 Å². The number of nitrogens with one attached hydrogen (secondary N) is 2. The molecule has 2 N–H and O–H groups in total. The van der Waals surface area contributed by atoms with Crippen molar-refractivity contribution >= 4 is 29.2 Å². The second-order valence-corrected chi connectivity index (χ2v) is 6.36. The van der Waals surface area contributed by atoms with Crippen molar-refractivity contribution in [2.45, 2.75) is 13.3 Å². The summed E-state index contributed by atoms with van der Waals surface area (Å²) in [5.74, 6) is -1.42. The third kappa shape index (κ3) is 4.08. The van der Waals surface area contributed by atoms with E-state index in [4.69, 9.17) is 0 Å². The first-order valence-electron chi connectivity index (χ1n) is 8.34. The Bertz CT molecular complexity index is 828. The van der Waals surface area contributed by atoms with Gasteiger partial charge in [0, 0.05) is 11.4 Å². The van der Waals surface area contributed by atoms with E-state index in [1.807, 2.05) is 31.2 Å². The van der Waals surface area contributed by atoms with Gasteiger partial charge in [0.25, 0.3) is 0 Å². The molecular formula is C20H20N2O4. The van der Waals surface area contributed by atoms with Crippen LogP contribution >= 0.6 is 0 Å². The van der Waals surface area contributed by atoms with Crippen LogP contribution in [0.25, 0.3) is 0 Å². The molecule has 0 spiro atoms. The summed E-state index contributed by atoms with van der Waals surface area (Å²) in [6, 6.07) is 13.9. The largest absolute Gasteiger partial charge is 0.465 e. The Kier molecular flexibility index (Phi) is 5.02. The third-order valence-electron chi connectivity index (χ3n) is 4.36. The Hall–Kier alpha value is -3.15. The average molecular weight is 352 g/mol. The molecule has 1 fully saturated rings. The fourth-order valence-electron chi connectivity index (χ4n) is 2.69. The molecule has 134 valence electrons. The molecule has 0 bridgehead atoms. The molecule has 3 rings (SSSR count). The molecule has 1 aliphatic carbocycles. The van der Waals surface area contributed by atoms with E-state index in [2.05, 4.69) is 15.4 Å². The molecule has 0 aromatic heterocycles. The van der Waals surface area contributed by atoms with Gasteiger partial charge < -0.3 is 15.4 Å². The Morgan fingerprint density at radius 2 is 1.31 bits per heavy atom. The molecule has 0 aliphatic heterocycles. The minimum Gasteiger partial charge on any atom is -0.465 e. The highest BCUT2D eigenvalue weighted by atomic mass is 16.5. The minimum atomic E-state index is -0.432. The Morgan fingerprint density at radius 1 is 0.846 bits per heavy atom. The molecule has 2 amide bonds. The van der Waals surface area contributed by atoms with E-state index in [1.54, 1.807) is 24.3 Å². The second kappa shape index (κ2) is 7.39. The first-order chi connectivity index (χ1) is 12.5. The molecule has 2 aromatic rings. The highest BCUT2D eigenvalue weighted by molar-refractivity contribution is 6.03. The number of methoxy groups -OCH3 is 1. The lowest BCUT2D eigenvalue weighted by Gasteiger charge is -2.07. The fourth-order valence-corrected chi connectivity index (χ4v) is 2.69. The zero-order chi connectivity index (χ0) is 18.7. The number of anilines is 2. The quantitative estimate of drug-likeness (QED) is 0.810. The van der Waals surface area contributed by atoms with Gasteiger partial charge >= 0.3 is 5.97 Å². The van der Waals surface area contributed by atoms with Crippen LogP contribution in [0.2, 0.25) is 0 Å². The summed E-state index contributed by atoms with van der Waals surface area (Å²) >= 11 is 0. The standard InChI is InChI=1S/C20H20N2O4/c1-12-3-7-14(8-4-12)21-18(23)16-11-17(16)19(24)22-15-9-5-13(6-10-15)20(25)26-2/h3-10,16-17H,11H2,1-2H3,(H,21,23)(H,22,24). The van der Waals surface area contributed by atoms with Crippen molar-refractivity contribution in [3.63, 3.8) is 0 Å². The molecule has 0 heterocycles. The van der Waals surface area contributed by atoms with Crippen LogP contribution in [-0.2, 0) is 14.3 Å². The van der Waals surface area contributed by atoms with E-state index in [0.717, 1.165) is 11.3 Å². The van der Waals surface area contributed by atoms with Gasteiger partial charge in [-0.25, -0.2) is 4.79 Å². The normalized spacial score (nSPS) is 17.9. The number of carbonyl (C=O) groups is 3. The summed E-state index contributed by atoms with van der Waals surface area (Å²) in [5, 5.41) is 5.61. The summed E-state index contributed by atoms with van der Waals surface area (Å²) in [6.07, 6.45) is 0.532. The maximum Gasteiger partial charge on any atom is 0.337 e. The van der Waals surface area contributed by atoms with Gasteiger partial charge in [0.05, 0.1) is 24.5 Å². The van der Waals surface area contributed by atoms with Crippen molar-refractivity contribution in [3.05, 3.63) is 59.7 Å². The average Bonchev–Trinajstić information content (AvgIpc) is 3.45. The van der Waals surface area contributed by atoms with Crippen LogP contribution in [0.5, 0.6) is 0 Å². The van der Waals surface area contributed by atoms with Crippen LogP contribution in [0, 0.1) is 18.8 Å². The van der Waals surface area contributed by atoms with Crippen molar-refractivity contribution in [2.75, 3.05) is 17.7 Å². The summed E-state index contributed by atoms with van der Waals surface area (Å²) in [7, 11) is 1.31. The highest BCUT2D eigenvalue weighted by Gasteiger charge is 2.48. The number of hydrogen-bond donors (Lipinski definition) is 2. The van der Waals surface area contributed by atoms with Crippen molar-refractivity contribution < 1.29 is 19.1 Å². The van der Waals surface area contributed by atoms with E-state index < -0.39 is 5.97 Å². The van der Waals surface area contributed by atoms with Crippen LogP contribution < -0.4 is 10.6 Å². The van der Waals surface area contributed by atoms with Crippen LogP contribution in [0.3, 0.4) is 0 Å². The smallest absolute Gasteiger partial charge is 0.337 e. The molecule has 2 atom stereocenters. The van der Waals surface area contributed by atoms with Gasteiger partial charge in [0.1, 0.15) is 0 Å². The summed E-state index contributed by atoms with van der Waals surface area (Å²) in [4.78, 5) is 35.9. The van der Waals surface area contributed by atoms with Crippen LogP contribution in [0.15, 0.2) is 48.5 Å². The zero-order valence-corrected chi connectivity index (χ0v) is 14.6. The number of amides is 2. The van der Waals surface area contributed by atoms with Gasteiger partial charge in [-0.1, -0.05) is 17.7 Å². The fraction of sp³-hybridized carbons (Fsp3) is 0.250. The van der Waals surface area contributed by atoms with Gasteiger partial charge in [-0.05, 0) is 49.7 Å². The van der Waals surface area contributed by atoms with Gasteiger partial charge in [-0.3, -0.25) is 9.59 Å². The molecule has 2 unspecified atom stereocenters. The number of carbonyl (C=O) groups excluding carboxylic acids is 3.